The van der Waals surface area contributed by atoms with E-state index in [1.807, 2.05) is 24.0 Å². The lowest BCUT2D eigenvalue weighted by atomic mass is 10.2. The Labute approximate surface area is 156 Å². The van der Waals surface area contributed by atoms with E-state index in [9.17, 15) is 13.2 Å². The highest BCUT2D eigenvalue weighted by Gasteiger charge is 2.28. The molecule has 148 valence electrons. The second-order valence-electron chi connectivity index (χ2n) is 6.03. The second-order valence-corrected chi connectivity index (χ2v) is 6.03. The smallest absolute Gasteiger partial charge is 0.422 e. The van der Waals surface area contributed by atoms with Crippen LogP contribution in [0.3, 0.4) is 0 Å². The lowest BCUT2D eigenvalue weighted by Crippen LogP contribution is -2.37. The molecule has 0 spiro atoms. The minimum absolute atomic E-state index is 0.187. The lowest BCUT2D eigenvalue weighted by molar-refractivity contribution is -0.153. The summed E-state index contributed by atoms with van der Waals surface area (Å²) in [6.45, 7) is 2.76. The van der Waals surface area contributed by atoms with Gasteiger partial charge in [0.1, 0.15) is 5.75 Å². The maximum atomic E-state index is 12.1. The van der Waals surface area contributed by atoms with Crippen LogP contribution in [0.5, 0.6) is 5.75 Å². The molecule has 0 unspecified atom stereocenters. The molecule has 0 radical (unpaired) electrons. The molecular weight excluding hydrogens is 359 g/mol. The fourth-order valence-corrected chi connectivity index (χ4v) is 2.31. The first-order valence-corrected chi connectivity index (χ1v) is 8.58. The maximum absolute atomic E-state index is 12.1. The molecule has 1 aromatic heterocycles. The number of benzene rings is 1. The predicted octanol–water partition coefficient (Wildman–Crippen LogP) is 2.89. The Morgan fingerprint density at radius 1 is 1.22 bits per heavy atom. The van der Waals surface area contributed by atoms with Gasteiger partial charge in [-0.05, 0) is 36.6 Å². The monoisotopic (exact) mass is 383 g/mol. The first-order valence-electron chi connectivity index (χ1n) is 8.58. The zero-order valence-corrected chi connectivity index (χ0v) is 15.4. The normalized spacial score (nSPS) is 12.1. The summed E-state index contributed by atoms with van der Waals surface area (Å²) in [7, 11) is 1.68. The van der Waals surface area contributed by atoms with Crippen molar-refractivity contribution in [3.63, 3.8) is 0 Å². The summed E-state index contributed by atoms with van der Waals surface area (Å²) in [6.07, 6.45) is 0.379. The topological polar surface area (TPSA) is 63.5 Å². The molecule has 27 heavy (non-hydrogen) atoms. The summed E-state index contributed by atoms with van der Waals surface area (Å²) in [5.41, 5.74) is 2.04. The van der Waals surface area contributed by atoms with Crippen LogP contribution < -0.4 is 15.4 Å². The summed E-state index contributed by atoms with van der Waals surface area (Å²) in [5.74, 6) is 0.844. The van der Waals surface area contributed by atoms with Gasteiger partial charge < -0.3 is 15.4 Å². The van der Waals surface area contributed by atoms with Crippen molar-refractivity contribution >= 4 is 5.96 Å². The minimum atomic E-state index is -4.34. The Bertz CT molecular complexity index is 725. The van der Waals surface area contributed by atoms with E-state index in [1.54, 1.807) is 19.2 Å². The van der Waals surface area contributed by atoms with Gasteiger partial charge in [-0.2, -0.15) is 18.3 Å². The number of aliphatic imine (C=N–C) groups is 1. The number of nitrogens with zero attached hydrogens (tertiary/aromatic N) is 3. The third kappa shape index (κ3) is 8.02. The zero-order valence-electron chi connectivity index (χ0n) is 15.4. The molecular formula is C18H24F3N5O. The molecule has 0 aliphatic heterocycles. The summed E-state index contributed by atoms with van der Waals surface area (Å²) in [5, 5.41) is 10.6. The fourth-order valence-electron chi connectivity index (χ4n) is 2.31. The molecule has 2 rings (SSSR count). The summed E-state index contributed by atoms with van der Waals surface area (Å²) in [4.78, 5) is 4.15. The van der Waals surface area contributed by atoms with Gasteiger partial charge in [-0.3, -0.25) is 9.67 Å². The van der Waals surface area contributed by atoms with E-state index in [0.29, 0.717) is 12.5 Å². The summed E-state index contributed by atoms with van der Waals surface area (Å²) >= 11 is 0. The van der Waals surface area contributed by atoms with E-state index in [0.717, 1.165) is 30.6 Å². The van der Waals surface area contributed by atoms with Gasteiger partial charge in [-0.1, -0.05) is 12.1 Å². The average molecular weight is 383 g/mol. The van der Waals surface area contributed by atoms with E-state index in [1.165, 1.54) is 12.1 Å². The van der Waals surface area contributed by atoms with Crippen LogP contribution in [0.2, 0.25) is 0 Å². The molecule has 0 fully saturated rings. The Morgan fingerprint density at radius 3 is 2.56 bits per heavy atom. The number of nitrogens with one attached hydrogen (secondary N) is 2. The van der Waals surface area contributed by atoms with Gasteiger partial charge in [-0.15, -0.1) is 0 Å². The predicted molar refractivity (Wildman–Crippen MR) is 97.8 cm³/mol. The standard InChI is InChI=1S/C18H24F3N5O/c1-14-10-25-26(12-14)9-3-8-23-17(22-2)24-11-15-4-6-16(7-5-15)27-13-18(19,20)21/h4-7,10,12H,3,8-9,11,13H2,1-2H3,(H2,22,23,24). The largest absolute Gasteiger partial charge is 0.484 e. The Balaban J connectivity index is 1.68. The highest BCUT2D eigenvalue weighted by Crippen LogP contribution is 2.18. The number of alkyl halides is 3. The number of halogens is 3. The molecule has 2 aromatic rings. The van der Waals surface area contributed by atoms with Crippen molar-refractivity contribution in [3.05, 3.63) is 47.8 Å². The Kier molecular flexibility index (Phi) is 7.51. The molecule has 9 heteroatoms. The zero-order chi connectivity index (χ0) is 19.7. The molecule has 0 aliphatic carbocycles. The van der Waals surface area contributed by atoms with Gasteiger partial charge in [0, 0.05) is 32.9 Å². The van der Waals surface area contributed by atoms with Crippen LogP contribution in [0.15, 0.2) is 41.7 Å². The van der Waals surface area contributed by atoms with Crippen LogP contribution in [-0.2, 0) is 13.1 Å². The lowest BCUT2D eigenvalue weighted by Gasteiger charge is -2.13. The van der Waals surface area contributed by atoms with Crippen molar-refractivity contribution in [1.82, 2.24) is 20.4 Å². The SMILES string of the molecule is CN=C(NCCCn1cc(C)cn1)NCc1ccc(OCC(F)(F)F)cc1. The Morgan fingerprint density at radius 2 is 1.96 bits per heavy atom. The molecule has 0 bridgehead atoms. The Hall–Kier alpha value is -2.71. The van der Waals surface area contributed by atoms with Crippen LogP contribution >= 0.6 is 0 Å². The number of ether oxygens (including phenoxy) is 1. The average Bonchev–Trinajstić information content (AvgIpc) is 3.05. The van der Waals surface area contributed by atoms with Crippen LogP contribution in [0, 0.1) is 6.92 Å². The summed E-state index contributed by atoms with van der Waals surface area (Å²) in [6, 6.07) is 6.47. The van der Waals surface area contributed by atoms with E-state index in [2.05, 4.69) is 25.5 Å². The molecule has 0 saturated heterocycles. The molecule has 6 nitrogen and oxygen atoms in total. The molecule has 0 amide bonds. The number of guanidine groups is 1. The van der Waals surface area contributed by atoms with Crippen LogP contribution in [0.1, 0.15) is 17.5 Å². The second kappa shape index (κ2) is 9.84. The highest BCUT2D eigenvalue weighted by molar-refractivity contribution is 5.79. The van der Waals surface area contributed by atoms with Gasteiger partial charge in [0.25, 0.3) is 0 Å². The first-order chi connectivity index (χ1) is 12.9. The molecule has 1 aromatic carbocycles. The van der Waals surface area contributed by atoms with E-state index in [-0.39, 0.29) is 5.75 Å². The van der Waals surface area contributed by atoms with Crippen molar-refractivity contribution in [2.24, 2.45) is 4.99 Å². The molecule has 0 atom stereocenters. The van der Waals surface area contributed by atoms with Crippen LogP contribution in [0.4, 0.5) is 13.2 Å². The third-order valence-electron chi connectivity index (χ3n) is 3.63. The van der Waals surface area contributed by atoms with Crippen LogP contribution in [0.25, 0.3) is 0 Å². The number of hydrogen-bond acceptors (Lipinski definition) is 3. The van der Waals surface area contributed by atoms with Crippen molar-refractivity contribution in [2.75, 3.05) is 20.2 Å². The van der Waals surface area contributed by atoms with Gasteiger partial charge in [0.15, 0.2) is 12.6 Å². The van der Waals surface area contributed by atoms with E-state index < -0.39 is 12.8 Å². The molecule has 0 saturated carbocycles. The molecule has 0 aliphatic rings. The quantitative estimate of drug-likeness (QED) is 0.418. The molecule has 1 heterocycles. The number of aryl methyl sites for hydroxylation is 2. The highest BCUT2D eigenvalue weighted by atomic mass is 19.4. The minimum Gasteiger partial charge on any atom is -0.484 e. The van der Waals surface area contributed by atoms with Gasteiger partial charge in [-0.25, -0.2) is 0 Å². The summed E-state index contributed by atoms with van der Waals surface area (Å²) < 4.78 is 43.0. The van der Waals surface area contributed by atoms with Crippen LogP contribution in [-0.4, -0.2) is 42.1 Å². The number of aromatic nitrogens is 2. The molecule has 2 N–H and O–H groups in total. The first kappa shape index (κ1) is 20.6. The third-order valence-corrected chi connectivity index (χ3v) is 3.63. The van der Waals surface area contributed by atoms with Gasteiger partial charge >= 0.3 is 6.18 Å². The van der Waals surface area contributed by atoms with Gasteiger partial charge in [0.05, 0.1) is 6.20 Å². The maximum Gasteiger partial charge on any atom is 0.422 e. The van der Waals surface area contributed by atoms with Crippen molar-refractivity contribution < 1.29 is 17.9 Å². The van der Waals surface area contributed by atoms with Crippen molar-refractivity contribution in [2.45, 2.75) is 32.6 Å². The van der Waals surface area contributed by atoms with E-state index >= 15 is 0 Å². The van der Waals surface area contributed by atoms with Crippen molar-refractivity contribution in [1.29, 1.82) is 0 Å². The fraction of sp³-hybridized carbons (Fsp3) is 0.444. The number of hydrogen-bond donors (Lipinski definition) is 2. The van der Waals surface area contributed by atoms with Crippen molar-refractivity contribution in [3.8, 4) is 5.75 Å². The van der Waals surface area contributed by atoms with E-state index in [4.69, 9.17) is 0 Å². The number of rotatable bonds is 8. The van der Waals surface area contributed by atoms with Gasteiger partial charge in [0.2, 0.25) is 0 Å².